The number of halogens is 2. The van der Waals surface area contributed by atoms with Crippen molar-refractivity contribution >= 4 is 27.8 Å². The van der Waals surface area contributed by atoms with Crippen LogP contribution in [0.4, 0.5) is 4.39 Å². The summed E-state index contributed by atoms with van der Waals surface area (Å²) in [5.41, 5.74) is 0.0294. The van der Waals surface area contributed by atoms with Gasteiger partial charge in [-0.2, -0.15) is 0 Å². The van der Waals surface area contributed by atoms with E-state index in [9.17, 15) is 14.0 Å². The molecule has 21 heavy (non-hydrogen) atoms. The molecular weight excluding hydrogens is 341 g/mol. The Kier molecular flexibility index (Phi) is 6.81. The molecule has 1 amide bonds. The van der Waals surface area contributed by atoms with Crippen LogP contribution in [0.2, 0.25) is 0 Å². The van der Waals surface area contributed by atoms with Crippen LogP contribution in [0.15, 0.2) is 48.0 Å². The maximum absolute atomic E-state index is 13.1. The van der Waals surface area contributed by atoms with Gasteiger partial charge in [0.15, 0.2) is 6.61 Å². The molecule has 0 radical (unpaired) electrons. The summed E-state index contributed by atoms with van der Waals surface area (Å²) >= 11 is 3.13. The van der Waals surface area contributed by atoms with E-state index in [4.69, 9.17) is 4.74 Å². The first-order valence-corrected chi connectivity index (χ1v) is 6.90. The van der Waals surface area contributed by atoms with E-state index in [1.807, 2.05) is 0 Å². The quantitative estimate of drug-likeness (QED) is 0.558. The lowest BCUT2D eigenvalue weighted by molar-refractivity contribution is -0.133. The minimum atomic E-state index is -0.771. The summed E-state index contributed by atoms with van der Waals surface area (Å²) in [6, 6.07) is 3.65. The van der Waals surface area contributed by atoms with Gasteiger partial charge in [-0.15, -0.1) is 13.2 Å². The second kappa shape index (κ2) is 8.36. The molecule has 0 aromatic heterocycles. The van der Waals surface area contributed by atoms with E-state index in [1.165, 1.54) is 17.0 Å². The summed E-state index contributed by atoms with van der Waals surface area (Å²) in [7, 11) is 0. The van der Waals surface area contributed by atoms with Crippen molar-refractivity contribution in [2.45, 2.75) is 0 Å². The Morgan fingerprint density at radius 3 is 2.48 bits per heavy atom. The summed E-state index contributed by atoms with van der Waals surface area (Å²) < 4.78 is 18.4. The van der Waals surface area contributed by atoms with Crippen LogP contribution in [0.3, 0.4) is 0 Å². The molecule has 0 aliphatic rings. The Labute approximate surface area is 131 Å². The number of hydrogen-bond donors (Lipinski definition) is 0. The number of carbonyl (C=O) groups is 2. The Morgan fingerprint density at radius 2 is 1.90 bits per heavy atom. The van der Waals surface area contributed by atoms with Crippen LogP contribution in [0, 0.1) is 5.82 Å². The lowest BCUT2D eigenvalue weighted by Gasteiger charge is -2.19. The molecule has 0 fully saturated rings. The van der Waals surface area contributed by atoms with Crippen LogP contribution < -0.4 is 0 Å². The van der Waals surface area contributed by atoms with Crippen molar-refractivity contribution in [3.05, 3.63) is 59.4 Å². The Morgan fingerprint density at radius 1 is 1.29 bits per heavy atom. The fraction of sp³-hybridized carbons (Fsp3) is 0.200. The number of benzene rings is 1. The predicted octanol–water partition coefficient (Wildman–Crippen LogP) is 2.95. The van der Waals surface area contributed by atoms with Crippen LogP contribution in [0.5, 0.6) is 0 Å². The molecule has 0 saturated heterocycles. The van der Waals surface area contributed by atoms with Crippen LogP contribution in [-0.4, -0.2) is 36.5 Å². The number of hydrogen-bond acceptors (Lipinski definition) is 3. The van der Waals surface area contributed by atoms with Gasteiger partial charge in [0, 0.05) is 17.6 Å². The van der Waals surface area contributed by atoms with E-state index < -0.39 is 18.4 Å². The van der Waals surface area contributed by atoms with Gasteiger partial charge < -0.3 is 9.64 Å². The van der Waals surface area contributed by atoms with E-state index in [-0.39, 0.29) is 11.5 Å². The van der Waals surface area contributed by atoms with Crippen molar-refractivity contribution in [1.82, 2.24) is 4.90 Å². The normalized spacial score (nSPS) is 9.81. The molecule has 4 nitrogen and oxygen atoms in total. The molecule has 0 unspecified atom stereocenters. The van der Waals surface area contributed by atoms with Crippen LogP contribution >= 0.6 is 15.9 Å². The number of nitrogens with zero attached hydrogens (tertiary/aromatic N) is 1. The van der Waals surface area contributed by atoms with Crippen molar-refractivity contribution in [1.29, 1.82) is 0 Å². The van der Waals surface area contributed by atoms with Crippen LogP contribution in [-0.2, 0) is 9.53 Å². The van der Waals surface area contributed by atoms with Crippen molar-refractivity contribution in [2.24, 2.45) is 0 Å². The highest BCUT2D eigenvalue weighted by molar-refractivity contribution is 9.10. The van der Waals surface area contributed by atoms with E-state index in [0.29, 0.717) is 17.6 Å². The molecule has 1 rings (SSSR count). The average Bonchev–Trinajstić information content (AvgIpc) is 2.46. The number of rotatable bonds is 7. The van der Waals surface area contributed by atoms with Gasteiger partial charge in [-0.3, -0.25) is 4.79 Å². The van der Waals surface area contributed by atoms with Crippen molar-refractivity contribution < 1.29 is 18.7 Å². The first-order chi connectivity index (χ1) is 9.99. The number of carbonyl (C=O) groups excluding carboxylic acids is 2. The average molecular weight is 356 g/mol. The molecule has 0 spiro atoms. The first-order valence-electron chi connectivity index (χ1n) is 6.11. The second-order valence-electron chi connectivity index (χ2n) is 4.08. The molecule has 1 aromatic rings. The molecule has 0 atom stereocenters. The Balaban J connectivity index is 2.67. The number of esters is 1. The van der Waals surface area contributed by atoms with Crippen molar-refractivity contribution in [3.8, 4) is 0 Å². The van der Waals surface area contributed by atoms with Gasteiger partial charge in [-0.1, -0.05) is 12.2 Å². The van der Waals surface area contributed by atoms with Crippen LogP contribution in [0.1, 0.15) is 10.4 Å². The summed E-state index contributed by atoms with van der Waals surface area (Å²) in [6.07, 6.45) is 3.12. The van der Waals surface area contributed by atoms with Crippen molar-refractivity contribution in [2.75, 3.05) is 19.7 Å². The third-order valence-electron chi connectivity index (χ3n) is 2.53. The third-order valence-corrected chi connectivity index (χ3v) is 3.22. The second-order valence-corrected chi connectivity index (χ2v) is 4.93. The molecular formula is C15H15BrFNO3. The van der Waals surface area contributed by atoms with E-state index in [1.54, 1.807) is 12.2 Å². The van der Waals surface area contributed by atoms with Crippen molar-refractivity contribution in [3.63, 3.8) is 0 Å². The highest BCUT2D eigenvalue weighted by atomic mass is 79.9. The van der Waals surface area contributed by atoms with Gasteiger partial charge in [-0.25, -0.2) is 9.18 Å². The summed E-state index contributed by atoms with van der Waals surface area (Å²) in [5.74, 6) is -1.71. The van der Waals surface area contributed by atoms with E-state index in [2.05, 4.69) is 29.1 Å². The minimum Gasteiger partial charge on any atom is -0.452 e. The lowest BCUT2D eigenvalue weighted by atomic mass is 10.2. The highest BCUT2D eigenvalue weighted by Gasteiger charge is 2.17. The third kappa shape index (κ3) is 5.15. The van der Waals surface area contributed by atoms with Crippen LogP contribution in [0.25, 0.3) is 0 Å². The predicted molar refractivity (Wildman–Crippen MR) is 81.4 cm³/mol. The monoisotopic (exact) mass is 355 g/mol. The molecule has 0 bridgehead atoms. The molecule has 1 aromatic carbocycles. The number of amides is 1. The largest absolute Gasteiger partial charge is 0.452 e. The van der Waals surface area contributed by atoms with Gasteiger partial charge in [0.25, 0.3) is 5.91 Å². The molecule has 0 saturated carbocycles. The van der Waals surface area contributed by atoms with Gasteiger partial charge in [0.05, 0.1) is 5.56 Å². The van der Waals surface area contributed by atoms with E-state index >= 15 is 0 Å². The smallest absolute Gasteiger partial charge is 0.339 e. The van der Waals surface area contributed by atoms with Gasteiger partial charge in [0.1, 0.15) is 5.82 Å². The first kappa shape index (κ1) is 17.1. The fourth-order valence-corrected chi connectivity index (χ4v) is 1.95. The molecule has 0 heterocycles. The fourth-order valence-electron chi connectivity index (χ4n) is 1.54. The topological polar surface area (TPSA) is 46.6 Å². The SMILES string of the molecule is C=CCN(CC=C)C(=O)COC(=O)c1cc(F)ccc1Br. The zero-order chi connectivity index (χ0) is 15.8. The molecule has 0 aliphatic heterocycles. The van der Waals surface area contributed by atoms with Gasteiger partial charge in [0.2, 0.25) is 0 Å². The van der Waals surface area contributed by atoms with E-state index in [0.717, 1.165) is 6.07 Å². The molecule has 0 aliphatic carbocycles. The summed E-state index contributed by atoms with van der Waals surface area (Å²) in [5, 5.41) is 0. The number of ether oxygens (including phenoxy) is 1. The standard InChI is InChI=1S/C15H15BrFNO3/c1-3-7-18(8-4-2)14(19)10-21-15(20)12-9-11(17)5-6-13(12)16/h3-6,9H,1-2,7-8,10H2. The summed E-state index contributed by atoms with van der Waals surface area (Å²) in [4.78, 5) is 25.1. The zero-order valence-electron chi connectivity index (χ0n) is 11.4. The van der Waals surface area contributed by atoms with Gasteiger partial charge >= 0.3 is 5.97 Å². The highest BCUT2D eigenvalue weighted by Crippen LogP contribution is 2.18. The Bertz CT molecular complexity index is 550. The molecule has 6 heteroatoms. The maximum Gasteiger partial charge on any atom is 0.339 e. The maximum atomic E-state index is 13.1. The Hall–Kier alpha value is -1.95. The van der Waals surface area contributed by atoms with Gasteiger partial charge in [-0.05, 0) is 34.1 Å². The zero-order valence-corrected chi connectivity index (χ0v) is 12.9. The summed E-state index contributed by atoms with van der Waals surface area (Å²) in [6.45, 7) is 7.31. The molecule has 112 valence electrons. The lowest BCUT2D eigenvalue weighted by Crippen LogP contribution is -2.35. The molecule has 0 N–H and O–H groups in total. The minimum absolute atomic E-state index is 0.0294.